The van der Waals surface area contributed by atoms with Crippen LogP contribution < -0.4 is 10.6 Å². The third-order valence-corrected chi connectivity index (χ3v) is 9.22. The molecule has 1 saturated carbocycles. The van der Waals surface area contributed by atoms with Crippen molar-refractivity contribution in [3.05, 3.63) is 35.5 Å². The summed E-state index contributed by atoms with van der Waals surface area (Å²) in [5.41, 5.74) is 1.40. The van der Waals surface area contributed by atoms with E-state index in [4.69, 9.17) is 35.6 Å². The number of hydrogen-bond acceptors (Lipinski definition) is 8. The molecule has 1 spiro atoms. The van der Waals surface area contributed by atoms with E-state index < -0.39 is 17.7 Å². The van der Waals surface area contributed by atoms with Crippen LogP contribution in [0.5, 0.6) is 0 Å². The maximum atomic E-state index is 6.49. The molecule has 2 aromatic rings. The summed E-state index contributed by atoms with van der Waals surface area (Å²) >= 11 is 6.10. The van der Waals surface area contributed by atoms with Gasteiger partial charge in [0.05, 0.1) is 12.1 Å². The molecule has 7 rings (SSSR count). The first-order valence-corrected chi connectivity index (χ1v) is 14.1. The predicted molar refractivity (Wildman–Crippen MR) is 141 cm³/mol. The molecule has 202 valence electrons. The Morgan fingerprint density at radius 2 is 1.97 bits per heavy atom. The molecule has 8 atom stereocenters. The molecule has 5 aliphatic rings. The Labute approximate surface area is 223 Å². The molecule has 9 heteroatoms. The van der Waals surface area contributed by atoms with Gasteiger partial charge in [-0.05, 0) is 62.3 Å². The van der Waals surface area contributed by atoms with Gasteiger partial charge in [-0.1, -0.05) is 25.4 Å². The Morgan fingerprint density at radius 3 is 2.86 bits per heavy atom. The zero-order valence-corrected chi connectivity index (χ0v) is 22.6. The lowest BCUT2D eigenvalue weighted by Crippen LogP contribution is -2.70. The summed E-state index contributed by atoms with van der Waals surface area (Å²) in [6, 6.07) is 7.76. The summed E-state index contributed by atoms with van der Waals surface area (Å²) in [6.07, 6.45) is 5.13. The second-order valence-corrected chi connectivity index (χ2v) is 11.8. The lowest BCUT2D eigenvalue weighted by atomic mass is 9.58. The van der Waals surface area contributed by atoms with Crippen molar-refractivity contribution >= 4 is 28.2 Å². The van der Waals surface area contributed by atoms with Gasteiger partial charge in [0.2, 0.25) is 5.79 Å². The zero-order chi connectivity index (χ0) is 25.6. The fraction of sp³-hybridized carbons (Fsp3) is 0.679. The van der Waals surface area contributed by atoms with Crippen LogP contribution in [0, 0.1) is 23.7 Å². The summed E-state index contributed by atoms with van der Waals surface area (Å²) in [5, 5.41) is 8.70. The highest BCUT2D eigenvalue weighted by atomic mass is 35.5. The SMILES string of the molecule is C[C@@H]1CCC2[C@@H](C)[C@@H](OCCNCCNc3ccnc4cc(Cl)ccc34)OC3O[C@]4(C)CCC1C32OO4. The molecule has 5 fully saturated rings. The number of pyridine rings is 1. The number of fused-ring (bicyclic) bond motifs is 3. The Kier molecular flexibility index (Phi) is 7.11. The van der Waals surface area contributed by atoms with Crippen molar-refractivity contribution in [2.75, 3.05) is 31.6 Å². The van der Waals surface area contributed by atoms with Crippen LogP contribution in [0.2, 0.25) is 5.02 Å². The van der Waals surface area contributed by atoms with Gasteiger partial charge in [0.25, 0.3) is 0 Å². The molecule has 1 aliphatic carbocycles. The molecule has 0 radical (unpaired) electrons. The van der Waals surface area contributed by atoms with E-state index in [1.807, 2.05) is 31.2 Å². The lowest BCUT2D eigenvalue weighted by Gasteiger charge is -2.60. The van der Waals surface area contributed by atoms with Crippen molar-refractivity contribution < 1.29 is 24.0 Å². The third kappa shape index (κ3) is 4.65. The molecule has 4 saturated heterocycles. The number of nitrogens with one attached hydrogen (secondary N) is 2. The van der Waals surface area contributed by atoms with E-state index in [1.54, 1.807) is 6.20 Å². The number of halogens is 1. The van der Waals surface area contributed by atoms with Crippen molar-refractivity contribution in [3.8, 4) is 0 Å². The molecule has 2 bridgehead atoms. The molecule has 1 aromatic heterocycles. The molecule has 0 amide bonds. The maximum absolute atomic E-state index is 6.49. The van der Waals surface area contributed by atoms with Crippen LogP contribution >= 0.6 is 11.6 Å². The summed E-state index contributed by atoms with van der Waals surface area (Å²) in [6.45, 7) is 9.40. The third-order valence-electron chi connectivity index (χ3n) is 8.98. The van der Waals surface area contributed by atoms with Gasteiger partial charge in [0.15, 0.2) is 18.2 Å². The number of aromatic nitrogens is 1. The van der Waals surface area contributed by atoms with Crippen molar-refractivity contribution in [2.24, 2.45) is 23.7 Å². The molecular formula is C28H38ClN3O5. The highest BCUT2D eigenvalue weighted by Crippen LogP contribution is 2.60. The quantitative estimate of drug-likeness (QED) is 0.359. The normalized spacial score (nSPS) is 38.8. The van der Waals surface area contributed by atoms with Gasteiger partial charge in [0, 0.05) is 60.2 Å². The van der Waals surface area contributed by atoms with E-state index >= 15 is 0 Å². The molecule has 5 heterocycles. The predicted octanol–water partition coefficient (Wildman–Crippen LogP) is 5.11. The highest BCUT2D eigenvalue weighted by Gasteiger charge is 2.69. The minimum atomic E-state index is -0.760. The number of benzene rings is 1. The number of nitrogens with zero attached hydrogens (tertiary/aromatic N) is 1. The number of hydrogen-bond donors (Lipinski definition) is 2. The monoisotopic (exact) mass is 531 g/mol. The Morgan fingerprint density at radius 1 is 1.08 bits per heavy atom. The van der Waals surface area contributed by atoms with Crippen LogP contribution in [0.1, 0.15) is 46.5 Å². The fourth-order valence-corrected chi connectivity index (χ4v) is 7.16. The first-order valence-electron chi connectivity index (χ1n) is 13.7. The first kappa shape index (κ1) is 25.7. The van der Waals surface area contributed by atoms with Crippen molar-refractivity contribution in [2.45, 2.75) is 70.4 Å². The van der Waals surface area contributed by atoms with Gasteiger partial charge in [-0.2, -0.15) is 0 Å². The Hall–Kier alpha value is -1.52. The highest BCUT2D eigenvalue weighted by molar-refractivity contribution is 6.31. The molecule has 4 unspecified atom stereocenters. The van der Waals surface area contributed by atoms with E-state index in [0.29, 0.717) is 23.5 Å². The summed E-state index contributed by atoms with van der Waals surface area (Å²) < 4.78 is 19.2. The number of rotatable bonds is 8. The van der Waals surface area contributed by atoms with E-state index in [2.05, 4.69) is 29.5 Å². The van der Waals surface area contributed by atoms with Crippen LogP contribution in [-0.2, 0) is 24.0 Å². The van der Waals surface area contributed by atoms with Crippen molar-refractivity contribution in [1.82, 2.24) is 10.3 Å². The second-order valence-electron chi connectivity index (χ2n) is 11.3. The standard InChI is InChI=1S/C28H38ClN3O5/c1-17-4-7-22-18(2)25(34-26-28(22)21(17)8-10-27(3,35-26)36-37-28)33-15-14-30-12-13-32-23-9-11-31-24-16-19(29)5-6-20(23)24/h5-6,9,11,16-18,21-22,25-26,30H,4,7-8,10,12-15H2,1-3H3,(H,31,32)/t17-,18-,21?,22?,25+,26?,27+,28?/m1/s1. The number of ether oxygens (including phenoxy) is 3. The molecule has 4 aliphatic heterocycles. The maximum Gasteiger partial charge on any atom is 0.201 e. The van der Waals surface area contributed by atoms with Crippen LogP contribution in [0.15, 0.2) is 30.5 Å². The van der Waals surface area contributed by atoms with Crippen LogP contribution in [0.25, 0.3) is 10.9 Å². The largest absolute Gasteiger partial charge is 0.383 e. The smallest absolute Gasteiger partial charge is 0.201 e. The zero-order valence-electron chi connectivity index (χ0n) is 21.9. The minimum Gasteiger partial charge on any atom is -0.383 e. The average Bonchev–Trinajstić information content (AvgIpc) is 3.12. The molecule has 1 aromatic carbocycles. The van der Waals surface area contributed by atoms with E-state index in [0.717, 1.165) is 55.5 Å². The summed E-state index contributed by atoms with van der Waals surface area (Å²) in [7, 11) is 0. The molecule has 8 nitrogen and oxygen atoms in total. The van der Waals surface area contributed by atoms with E-state index in [9.17, 15) is 0 Å². The van der Waals surface area contributed by atoms with E-state index in [-0.39, 0.29) is 18.1 Å². The van der Waals surface area contributed by atoms with Gasteiger partial charge in [-0.15, -0.1) is 0 Å². The van der Waals surface area contributed by atoms with Gasteiger partial charge < -0.3 is 24.8 Å². The second kappa shape index (κ2) is 10.2. The van der Waals surface area contributed by atoms with Gasteiger partial charge in [-0.3, -0.25) is 4.98 Å². The van der Waals surface area contributed by atoms with Crippen LogP contribution in [0.4, 0.5) is 5.69 Å². The lowest BCUT2D eigenvalue weighted by molar-refractivity contribution is -0.577. The first-order chi connectivity index (χ1) is 17.9. The fourth-order valence-electron chi connectivity index (χ4n) is 7.00. The summed E-state index contributed by atoms with van der Waals surface area (Å²) in [4.78, 5) is 16.5. The van der Waals surface area contributed by atoms with Crippen molar-refractivity contribution in [1.29, 1.82) is 0 Å². The minimum absolute atomic E-state index is 0.191. The Balaban J connectivity index is 1.00. The average molecular weight is 532 g/mol. The molecule has 2 N–H and O–H groups in total. The topological polar surface area (TPSA) is 83.1 Å². The molecule has 37 heavy (non-hydrogen) atoms. The summed E-state index contributed by atoms with van der Waals surface area (Å²) in [5.74, 6) is 0.635. The van der Waals surface area contributed by atoms with Crippen LogP contribution in [0.3, 0.4) is 0 Å². The van der Waals surface area contributed by atoms with Crippen LogP contribution in [-0.4, -0.2) is 55.2 Å². The Bertz CT molecular complexity index is 1120. The molecular weight excluding hydrogens is 494 g/mol. The van der Waals surface area contributed by atoms with Gasteiger partial charge >= 0.3 is 0 Å². The van der Waals surface area contributed by atoms with E-state index in [1.165, 1.54) is 6.42 Å². The van der Waals surface area contributed by atoms with Gasteiger partial charge in [-0.25, -0.2) is 9.78 Å². The van der Waals surface area contributed by atoms with Crippen molar-refractivity contribution in [3.63, 3.8) is 0 Å². The number of anilines is 1. The van der Waals surface area contributed by atoms with Gasteiger partial charge in [0.1, 0.15) is 0 Å².